The van der Waals surface area contributed by atoms with Crippen LogP contribution in [0.15, 0.2) is 42.6 Å². The lowest BCUT2D eigenvalue weighted by atomic mass is 10.1. The Labute approximate surface area is 147 Å². The Bertz CT molecular complexity index is 895. The summed E-state index contributed by atoms with van der Waals surface area (Å²) >= 11 is 0. The monoisotopic (exact) mass is 334 g/mol. The SMILES string of the molecule is CCc1nn(C2CCCC2)c2cc(C(=O)Nc3ccccn3)ccc12. The molecule has 1 N–H and O–H groups in total. The van der Waals surface area contributed by atoms with Gasteiger partial charge >= 0.3 is 0 Å². The van der Waals surface area contributed by atoms with Crippen molar-refractivity contribution < 1.29 is 4.79 Å². The largest absolute Gasteiger partial charge is 0.307 e. The number of rotatable bonds is 4. The van der Waals surface area contributed by atoms with Crippen LogP contribution < -0.4 is 5.32 Å². The highest BCUT2D eigenvalue weighted by atomic mass is 16.1. The van der Waals surface area contributed by atoms with E-state index in [2.05, 4.69) is 21.9 Å². The lowest BCUT2D eigenvalue weighted by Crippen LogP contribution is -2.13. The van der Waals surface area contributed by atoms with Crippen molar-refractivity contribution >= 4 is 22.6 Å². The highest BCUT2D eigenvalue weighted by Gasteiger charge is 2.22. The van der Waals surface area contributed by atoms with Crippen molar-refractivity contribution in [3.63, 3.8) is 0 Å². The van der Waals surface area contributed by atoms with Crippen LogP contribution in [0.2, 0.25) is 0 Å². The molecular weight excluding hydrogens is 312 g/mol. The van der Waals surface area contributed by atoms with Crippen LogP contribution >= 0.6 is 0 Å². The number of anilines is 1. The van der Waals surface area contributed by atoms with Crippen LogP contribution in [0, 0.1) is 0 Å². The second-order valence-electron chi connectivity index (χ2n) is 6.58. The summed E-state index contributed by atoms with van der Waals surface area (Å²) in [5.74, 6) is 0.420. The van der Waals surface area contributed by atoms with Crippen LogP contribution in [0.3, 0.4) is 0 Å². The molecule has 1 aliphatic carbocycles. The quantitative estimate of drug-likeness (QED) is 0.771. The molecule has 1 saturated carbocycles. The zero-order valence-corrected chi connectivity index (χ0v) is 14.4. The molecule has 0 unspecified atom stereocenters. The molecule has 5 heteroatoms. The number of hydrogen-bond donors (Lipinski definition) is 1. The van der Waals surface area contributed by atoms with Crippen LogP contribution in [0.1, 0.15) is 54.7 Å². The summed E-state index contributed by atoms with van der Waals surface area (Å²) in [6.07, 6.45) is 7.42. The van der Waals surface area contributed by atoms with Crippen molar-refractivity contribution in [2.45, 2.75) is 45.1 Å². The van der Waals surface area contributed by atoms with E-state index in [1.165, 1.54) is 25.7 Å². The molecule has 3 aromatic rings. The van der Waals surface area contributed by atoms with Crippen molar-refractivity contribution in [2.24, 2.45) is 0 Å². The molecule has 4 rings (SSSR count). The van der Waals surface area contributed by atoms with E-state index < -0.39 is 0 Å². The van der Waals surface area contributed by atoms with Crippen molar-refractivity contribution in [1.29, 1.82) is 0 Å². The second kappa shape index (κ2) is 6.67. The van der Waals surface area contributed by atoms with E-state index in [1.54, 1.807) is 12.3 Å². The van der Waals surface area contributed by atoms with E-state index >= 15 is 0 Å². The Morgan fingerprint density at radius 3 is 2.80 bits per heavy atom. The normalized spacial score (nSPS) is 14.9. The number of carbonyl (C=O) groups is 1. The number of nitrogens with one attached hydrogen (secondary N) is 1. The summed E-state index contributed by atoms with van der Waals surface area (Å²) in [6, 6.07) is 11.8. The molecule has 0 saturated heterocycles. The third-order valence-electron chi connectivity index (χ3n) is 4.96. The number of aromatic nitrogens is 3. The minimum absolute atomic E-state index is 0.141. The molecule has 1 aromatic carbocycles. The molecule has 1 fully saturated rings. The van der Waals surface area contributed by atoms with Crippen molar-refractivity contribution in [3.05, 3.63) is 53.9 Å². The van der Waals surface area contributed by atoms with Gasteiger partial charge in [0.05, 0.1) is 17.3 Å². The van der Waals surface area contributed by atoms with Gasteiger partial charge in [-0.3, -0.25) is 9.48 Å². The maximum atomic E-state index is 12.6. The first kappa shape index (κ1) is 15.8. The molecule has 2 aromatic heterocycles. The first-order valence-electron chi connectivity index (χ1n) is 9.00. The third kappa shape index (κ3) is 3.02. The fourth-order valence-corrected chi connectivity index (χ4v) is 3.66. The Morgan fingerprint density at radius 1 is 1.24 bits per heavy atom. The number of nitrogens with zero attached hydrogens (tertiary/aromatic N) is 3. The number of amides is 1. The van der Waals surface area contributed by atoms with E-state index in [0.717, 1.165) is 23.0 Å². The molecule has 2 heterocycles. The van der Waals surface area contributed by atoms with Gasteiger partial charge in [0.25, 0.3) is 5.91 Å². The van der Waals surface area contributed by atoms with Gasteiger partial charge in [0, 0.05) is 17.1 Å². The van der Waals surface area contributed by atoms with Gasteiger partial charge in [-0.2, -0.15) is 5.10 Å². The lowest BCUT2D eigenvalue weighted by molar-refractivity contribution is 0.102. The lowest BCUT2D eigenvalue weighted by Gasteiger charge is -2.12. The molecule has 25 heavy (non-hydrogen) atoms. The summed E-state index contributed by atoms with van der Waals surface area (Å²) < 4.78 is 2.15. The number of hydrogen-bond acceptors (Lipinski definition) is 3. The van der Waals surface area contributed by atoms with Gasteiger partial charge in [0.1, 0.15) is 5.82 Å². The van der Waals surface area contributed by atoms with Gasteiger partial charge in [-0.25, -0.2) is 4.98 Å². The molecule has 0 radical (unpaired) electrons. The Morgan fingerprint density at radius 2 is 2.08 bits per heavy atom. The molecule has 1 aliphatic rings. The summed E-state index contributed by atoms with van der Waals surface area (Å²) in [4.78, 5) is 16.7. The number of fused-ring (bicyclic) bond motifs is 1. The third-order valence-corrected chi connectivity index (χ3v) is 4.96. The standard InChI is InChI=1S/C20H22N4O/c1-2-17-16-11-10-14(20(25)22-19-9-5-6-12-21-19)13-18(16)24(23-17)15-7-3-4-8-15/h5-6,9-13,15H,2-4,7-8H2,1H3,(H,21,22,25). The Balaban J connectivity index is 1.71. The van der Waals surface area contributed by atoms with Gasteiger partial charge in [0.15, 0.2) is 0 Å². The van der Waals surface area contributed by atoms with Crippen molar-refractivity contribution in [3.8, 4) is 0 Å². The highest BCUT2D eigenvalue weighted by Crippen LogP contribution is 2.33. The van der Waals surface area contributed by atoms with Gasteiger partial charge in [-0.05, 0) is 43.5 Å². The van der Waals surface area contributed by atoms with Gasteiger partial charge < -0.3 is 5.32 Å². The maximum Gasteiger partial charge on any atom is 0.256 e. The van der Waals surface area contributed by atoms with Gasteiger partial charge in [-0.15, -0.1) is 0 Å². The maximum absolute atomic E-state index is 12.6. The number of carbonyl (C=O) groups excluding carboxylic acids is 1. The molecule has 0 spiro atoms. The van der Waals surface area contributed by atoms with Crippen LogP contribution in [0.4, 0.5) is 5.82 Å². The summed E-state index contributed by atoms with van der Waals surface area (Å²) in [6.45, 7) is 2.13. The first-order valence-corrected chi connectivity index (χ1v) is 9.00. The fraction of sp³-hybridized carbons (Fsp3) is 0.350. The Hall–Kier alpha value is -2.69. The summed E-state index contributed by atoms with van der Waals surface area (Å²) in [5.41, 5.74) is 2.82. The number of benzene rings is 1. The average molecular weight is 334 g/mol. The minimum atomic E-state index is -0.141. The number of aryl methyl sites for hydroxylation is 1. The van der Waals surface area contributed by atoms with Crippen LogP contribution in [-0.2, 0) is 6.42 Å². The summed E-state index contributed by atoms with van der Waals surface area (Å²) in [7, 11) is 0. The highest BCUT2D eigenvalue weighted by molar-refractivity contribution is 6.05. The zero-order chi connectivity index (χ0) is 17.2. The smallest absolute Gasteiger partial charge is 0.256 e. The molecular formula is C20H22N4O. The van der Waals surface area contributed by atoms with E-state index in [1.807, 2.05) is 30.3 Å². The predicted molar refractivity (Wildman–Crippen MR) is 98.8 cm³/mol. The molecule has 0 aliphatic heterocycles. The average Bonchev–Trinajstić information content (AvgIpc) is 3.29. The van der Waals surface area contributed by atoms with Gasteiger partial charge in [-0.1, -0.05) is 31.9 Å². The zero-order valence-electron chi connectivity index (χ0n) is 14.4. The topological polar surface area (TPSA) is 59.8 Å². The molecule has 128 valence electrons. The Kier molecular flexibility index (Phi) is 4.22. The van der Waals surface area contributed by atoms with E-state index in [9.17, 15) is 4.79 Å². The van der Waals surface area contributed by atoms with Crippen molar-refractivity contribution in [2.75, 3.05) is 5.32 Å². The van der Waals surface area contributed by atoms with Crippen molar-refractivity contribution in [1.82, 2.24) is 14.8 Å². The van der Waals surface area contributed by atoms with E-state index in [4.69, 9.17) is 5.10 Å². The molecule has 1 amide bonds. The van der Waals surface area contributed by atoms with Crippen LogP contribution in [0.5, 0.6) is 0 Å². The second-order valence-corrected chi connectivity index (χ2v) is 6.58. The first-order chi connectivity index (χ1) is 12.3. The molecule has 0 bridgehead atoms. The molecule has 0 atom stereocenters. The van der Waals surface area contributed by atoms with Gasteiger partial charge in [0.2, 0.25) is 0 Å². The summed E-state index contributed by atoms with van der Waals surface area (Å²) in [5, 5.41) is 8.86. The molecule has 5 nitrogen and oxygen atoms in total. The van der Waals surface area contributed by atoms with E-state index in [-0.39, 0.29) is 5.91 Å². The number of pyridine rings is 1. The minimum Gasteiger partial charge on any atom is -0.307 e. The van der Waals surface area contributed by atoms with Crippen LogP contribution in [0.25, 0.3) is 10.9 Å². The van der Waals surface area contributed by atoms with Crippen LogP contribution in [-0.4, -0.2) is 20.7 Å². The predicted octanol–water partition coefficient (Wildman–Crippen LogP) is 4.36. The van der Waals surface area contributed by atoms with E-state index in [0.29, 0.717) is 17.4 Å². The fourth-order valence-electron chi connectivity index (χ4n) is 3.66.